The fourth-order valence-corrected chi connectivity index (χ4v) is 3.88. The van der Waals surface area contributed by atoms with Crippen LogP contribution in [0.1, 0.15) is 6.42 Å². The van der Waals surface area contributed by atoms with Crippen molar-refractivity contribution in [2.75, 3.05) is 18.8 Å². The number of oxazole rings is 1. The van der Waals surface area contributed by atoms with Gasteiger partial charge in [0.05, 0.1) is 12.3 Å². The molecule has 0 saturated carbocycles. The quantitative estimate of drug-likeness (QED) is 0.651. The summed E-state index contributed by atoms with van der Waals surface area (Å²) in [6, 6.07) is 7.58. The van der Waals surface area contributed by atoms with E-state index in [1.807, 2.05) is 34.5 Å². The minimum absolute atomic E-state index is 0.0226. The zero-order valence-electron chi connectivity index (χ0n) is 12.8. The van der Waals surface area contributed by atoms with Crippen molar-refractivity contribution in [3.63, 3.8) is 0 Å². The Bertz CT molecular complexity index is 801. The van der Waals surface area contributed by atoms with E-state index in [-0.39, 0.29) is 12.0 Å². The van der Waals surface area contributed by atoms with Crippen LogP contribution in [0.15, 0.2) is 45.5 Å². The summed E-state index contributed by atoms with van der Waals surface area (Å²) in [4.78, 5) is 22.7. The summed E-state index contributed by atoms with van der Waals surface area (Å²) in [7, 11) is 0. The van der Waals surface area contributed by atoms with Crippen LogP contribution in [0.25, 0.3) is 11.1 Å². The molecule has 1 aliphatic heterocycles. The minimum atomic E-state index is 0.0226. The topological polar surface area (TPSA) is 68.5 Å². The number of amides is 1. The maximum Gasteiger partial charge on any atom is 0.273 e. The first kappa shape index (κ1) is 15.5. The summed E-state index contributed by atoms with van der Waals surface area (Å²) < 4.78 is 11.4. The van der Waals surface area contributed by atoms with Crippen LogP contribution in [0, 0.1) is 0 Å². The maximum atomic E-state index is 12.3. The molecule has 3 heterocycles. The molecule has 3 aromatic rings. The SMILES string of the molecule is O=C(CSc1nc2ccccc2o1)N1CCC(Oc2nccs2)C1. The van der Waals surface area contributed by atoms with Crippen LogP contribution in [0.2, 0.25) is 0 Å². The van der Waals surface area contributed by atoms with Crippen LogP contribution < -0.4 is 4.74 Å². The van der Waals surface area contributed by atoms with Gasteiger partial charge in [0.1, 0.15) is 11.6 Å². The molecule has 1 aliphatic rings. The van der Waals surface area contributed by atoms with Crippen LogP contribution >= 0.6 is 23.1 Å². The highest BCUT2D eigenvalue weighted by atomic mass is 32.2. The van der Waals surface area contributed by atoms with Crippen molar-refractivity contribution in [1.82, 2.24) is 14.9 Å². The van der Waals surface area contributed by atoms with E-state index < -0.39 is 0 Å². The highest BCUT2D eigenvalue weighted by Crippen LogP contribution is 2.25. The number of hydrogen-bond acceptors (Lipinski definition) is 7. The van der Waals surface area contributed by atoms with E-state index in [1.165, 1.54) is 23.1 Å². The Balaban J connectivity index is 1.30. The Labute approximate surface area is 146 Å². The van der Waals surface area contributed by atoms with E-state index in [9.17, 15) is 4.79 Å². The first-order valence-electron chi connectivity index (χ1n) is 7.60. The molecule has 1 fully saturated rings. The number of carbonyl (C=O) groups excluding carboxylic acids is 1. The second-order valence-corrected chi connectivity index (χ2v) is 7.19. The van der Waals surface area contributed by atoms with Crippen LogP contribution in [0.4, 0.5) is 0 Å². The molecule has 0 radical (unpaired) electrons. The third-order valence-electron chi connectivity index (χ3n) is 3.77. The summed E-state index contributed by atoms with van der Waals surface area (Å²) in [6.45, 7) is 1.32. The summed E-state index contributed by atoms with van der Waals surface area (Å²) in [6.07, 6.45) is 2.57. The number of thioether (sulfide) groups is 1. The summed E-state index contributed by atoms with van der Waals surface area (Å²) >= 11 is 2.79. The van der Waals surface area contributed by atoms with E-state index in [0.717, 1.165) is 17.5 Å². The molecule has 1 aromatic carbocycles. The Kier molecular flexibility index (Phi) is 4.40. The van der Waals surface area contributed by atoms with Gasteiger partial charge < -0.3 is 14.1 Å². The summed E-state index contributed by atoms with van der Waals surface area (Å²) in [5, 5.41) is 3.07. The number of aromatic nitrogens is 2. The molecule has 8 heteroatoms. The van der Waals surface area contributed by atoms with Crippen molar-refractivity contribution >= 4 is 40.1 Å². The van der Waals surface area contributed by atoms with Crippen molar-refractivity contribution in [1.29, 1.82) is 0 Å². The van der Waals surface area contributed by atoms with E-state index in [2.05, 4.69) is 9.97 Å². The van der Waals surface area contributed by atoms with Gasteiger partial charge in [0.25, 0.3) is 10.4 Å². The van der Waals surface area contributed by atoms with Gasteiger partial charge in [-0.3, -0.25) is 4.79 Å². The van der Waals surface area contributed by atoms with Gasteiger partial charge in [0, 0.05) is 24.5 Å². The second-order valence-electron chi connectivity index (χ2n) is 5.40. The van der Waals surface area contributed by atoms with Gasteiger partial charge >= 0.3 is 0 Å². The molecular weight excluding hydrogens is 346 g/mol. The number of ether oxygens (including phenoxy) is 1. The van der Waals surface area contributed by atoms with Crippen LogP contribution in [0.5, 0.6) is 5.19 Å². The second kappa shape index (κ2) is 6.82. The number of thiazole rings is 1. The number of likely N-dealkylation sites (tertiary alicyclic amines) is 1. The van der Waals surface area contributed by atoms with Crippen molar-refractivity contribution in [2.45, 2.75) is 17.7 Å². The normalized spacial score (nSPS) is 17.5. The molecule has 1 saturated heterocycles. The van der Waals surface area contributed by atoms with E-state index in [0.29, 0.717) is 29.3 Å². The number of para-hydroxylation sites is 2. The predicted molar refractivity (Wildman–Crippen MR) is 92.5 cm³/mol. The highest BCUT2D eigenvalue weighted by molar-refractivity contribution is 7.99. The number of rotatable bonds is 5. The number of carbonyl (C=O) groups is 1. The first-order chi connectivity index (χ1) is 11.8. The highest BCUT2D eigenvalue weighted by Gasteiger charge is 2.28. The van der Waals surface area contributed by atoms with Gasteiger partial charge in [-0.1, -0.05) is 35.2 Å². The van der Waals surface area contributed by atoms with Crippen molar-refractivity contribution in [3.05, 3.63) is 35.8 Å². The van der Waals surface area contributed by atoms with E-state index >= 15 is 0 Å². The molecule has 6 nitrogen and oxygen atoms in total. The van der Waals surface area contributed by atoms with Crippen LogP contribution in [-0.2, 0) is 4.79 Å². The van der Waals surface area contributed by atoms with E-state index in [1.54, 1.807) is 6.20 Å². The monoisotopic (exact) mass is 361 g/mol. The minimum Gasteiger partial charge on any atom is -0.465 e. The van der Waals surface area contributed by atoms with Gasteiger partial charge in [-0.05, 0) is 12.1 Å². The molecule has 1 unspecified atom stereocenters. The standard InChI is InChI=1S/C16H15N3O3S2/c20-14(10-24-16-18-12-3-1-2-4-13(12)22-16)19-7-5-11(9-19)21-15-17-6-8-23-15/h1-4,6,8,11H,5,7,9-10H2. The zero-order chi connectivity index (χ0) is 16.4. The molecular formula is C16H15N3O3S2. The lowest BCUT2D eigenvalue weighted by Crippen LogP contribution is -2.32. The molecule has 124 valence electrons. The molecule has 0 aliphatic carbocycles. The largest absolute Gasteiger partial charge is 0.465 e. The van der Waals surface area contributed by atoms with Gasteiger partial charge in [-0.2, -0.15) is 0 Å². The Morgan fingerprint density at radius 1 is 1.46 bits per heavy atom. The molecule has 1 amide bonds. The smallest absolute Gasteiger partial charge is 0.273 e. The third kappa shape index (κ3) is 3.39. The van der Waals surface area contributed by atoms with Gasteiger partial charge in [0.15, 0.2) is 5.58 Å². The zero-order valence-corrected chi connectivity index (χ0v) is 14.4. The lowest BCUT2D eigenvalue weighted by molar-refractivity contribution is -0.127. The van der Waals surface area contributed by atoms with Crippen molar-refractivity contribution < 1.29 is 13.9 Å². The number of hydrogen-bond donors (Lipinski definition) is 0. The Morgan fingerprint density at radius 3 is 3.21 bits per heavy atom. The number of fused-ring (bicyclic) bond motifs is 1. The number of nitrogens with zero attached hydrogens (tertiary/aromatic N) is 3. The van der Waals surface area contributed by atoms with Crippen molar-refractivity contribution in [3.8, 4) is 5.19 Å². The lowest BCUT2D eigenvalue weighted by atomic mass is 10.3. The fourth-order valence-electron chi connectivity index (χ4n) is 2.59. The molecule has 0 bridgehead atoms. The first-order valence-corrected chi connectivity index (χ1v) is 9.47. The summed E-state index contributed by atoms with van der Waals surface area (Å²) in [5.41, 5.74) is 1.55. The van der Waals surface area contributed by atoms with Crippen LogP contribution in [0.3, 0.4) is 0 Å². The Hall–Kier alpha value is -2.06. The average molecular weight is 361 g/mol. The van der Waals surface area contributed by atoms with Gasteiger partial charge in [0.2, 0.25) is 5.91 Å². The van der Waals surface area contributed by atoms with Gasteiger partial charge in [-0.25, -0.2) is 9.97 Å². The van der Waals surface area contributed by atoms with Gasteiger partial charge in [-0.15, -0.1) is 0 Å². The van der Waals surface area contributed by atoms with Crippen molar-refractivity contribution in [2.24, 2.45) is 0 Å². The molecule has 4 rings (SSSR count). The molecule has 0 N–H and O–H groups in total. The molecule has 0 spiro atoms. The lowest BCUT2D eigenvalue weighted by Gasteiger charge is -2.15. The average Bonchev–Trinajstić information content (AvgIpc) is 3.33. The third-order valence-corrected chi connectivity index (χ3v) is 5.24. The maximum absolute atomic E-state index is 12.3. The Morgan fingerprint density at radius 2 is 2.38 bits per heavy atom. The van der Waals surface area contributed by atoms with E-state index in [4.69, 9.17) is 9.15 Å². The number of benzene rings is 1. The fraction of sp³-hybridized carbons (Fsp3) is 0.312. The molecule has 24 heavy (non-hydrogen) atoms. The molecule has 2 aromatic heterocycles. The molecule has 1 atom stereocenters. The predicted octanol–water partition coefficient (Wildman–Crippen LogP) is 3.06. The van der Waals surface area contributed by atoms with Crippen LogP contribution in [-0.4, -0.2) is 45.7 Å². The summed E-state index contributed by atoms with van der Waals surface area (Å²) in [5.74, 6) is 0.393.